The van der Waals surface area contributed by atoms with Gasteiger partial charge in [0, 0.05) is 19.1 Å². The molecule has 0 saturated carbocycles. The number of benzene rings is 1. The molecule has 0 bridgehead atoms. The molecular weight excluding hydrogens is 184 g/mol. The normalized spacial score (nSPS) is 13.1. The largest absolute Gasteiger partial charge is 0.309 e. The lowest BCUT2D eigenvalue weighted by atomic mass is 10.1. The van der Waals surface area contributed by atoms with Crippen LogP contribution < -0.4 is 5.32 Å². The monoisotopic (exact) mass is 206 g/mol. The lowest BCUT2D eigenvalue weighted by Crippen LogP contribution is -2.28. The zero-order valence-electron chi connectivity index (χ0n) is 10.2. The molecule has 2 nitrogen and oxygen atoms in total. The lowest BCUT2D eigenvalue weighted by molar-refractivity contribution is 0.389. The van der Waals surface area contributed by atoms with Gasteiger partial charge in [0.05, 0.1) is 0 Å². The van der Waals surface area contributed by atoms with Crippen LogP contribution in [-0.2, 0) is 0 Å². The smallest absolute Gasteiger partial charge is 0.0292 e. The molecule has 1 aromatic carbocycles. The van der Waals surface area contributed by atoms with Crippen molar-refractivity contribution in [2.24, 2.45) is 0 Å². The highest BCUT2D eigenvalue weighted by atomic mass is 15.1. The second kappa shape index (κ2) is 5.89. The second-order valence-electron chi connectivity index (χ2n) is 4.39. The Kier molecular flexibility index (Phi) is 4.79. The summed E-state index contributed by atoms with van der Waals surface area (Å²) < 4.78 is 0. The molecule has 2 heteroatoms. The molecule has 0 saturated heterocycles. The number of hydrogen-bond acceptors (Lipinski definition) is 2. The first kappa shape index (κ1) is 12.2. The van der Waals surface area contributed by atoms with Crippen LogP contribution in [0.25, 0.3) is 0 Å². The Bertz CT molecular complexity index is 277. The molecule has 15 heavy (non-hydrogen) atoms. The van der Waals surface area contributed by atoms with Gasteiger partial charge in [-0.2, -0.15) is 0 Å². The summed E-state index contributed by atoms with van der Waals surface area (Å²) in [6, 6.07) is 9.16. The summed E-state index contributed by atoms with van der Waals surface area (Å²) in [7, 11) is 4.19. The van der Waals surface area contributed by atoms with Gasteiger partial charge in [0.1, 0.15) is 0 Å². The van der Waals surface area contributed by atoms with Gasteiger partial charge < -0.3 is 10.2 Å². The Morgan fingerprint density at radius 2 is 1.80 bits per heavy atom. The van der Waals surface area contributed by atoms with E-state index in [0.29, 0.717) is 6.04 Å². The van der Waals surface area contributed by atoms with Crippen LogP contribution in [0.1, 0.15) is 24.1 Å². The van der Waals surface area contributed by atoms with E-state index >= 15 is 0 Å². The first-order valence-corrected chi connectivity index (χ1v) is 5.54. The van der Waals surface area contributed by atoms with E-state index in [-0.39, 0.29) is 0 Å². The van der Waals surface area contributed by atoms with Crippen molar-refractivity contribution in [3.05, 3.63) is 35.4 Å². The van der Waals surface area contributed by atoms with Crippen molar-refractivity contribution >= 4 is 0 Å². The molecule has 0 aliphatic rings. The van der Waals surface area contributed by atoms with Crippen molar-refractivity contribution in [1.29, 1.82) is 0 Å². The minimum absolute atomic E-state index is 0.436. The standard InChI is InChI=1S/C13H22N2/c1-11-5-7-13(8-6-11)12(2)14-9-10-15(3)4/h5-8,12,14H,9-10H2,1-4H3/t12-/m0/s1. The molecule has 0 radical (unpaired) electrons. The van der Waals surface area contributed by atoms with Crippen molar-refractivity contribution in [3.8, 4) is 0 Å². The predicted molar refractivity (Wildman–Crippen MR) is 66.2 cm³/mol. The molecule has 1 N–H and O–H groups in total. The third kappa shape index (κ3) is 4.45. The topological polar surface area (TPSA) is 15.3 Å². The van der Waals surface area contributed by atoms with E-state index in [1.165, 1.54) is 11.1 Å². The molecule has 0 unspecified atom stereocenters. The van der Waals surface area contributed by atoms with E-state index < -0.39 is 0 Å². The van der Waals surface area contributed by atoms with Gasteiger partial charge in [-0.3, -0.25) is 0 Å². The zero-order valence-corrected chi connectivity index (χ0v) is 10.2. The Labute approximate surface area is 93.3 Å². The summed E-state index contributed by atoms with van der Waals surface area (Å²) in [6.45, 7) is 6.44. The van der Waals surface area contributed by atoms with Crippen LogP contribution >= 0.6 is 0 Å². The molecule has 0 amide bonds. The van der Waals surface area contributed by atoms with Crippen molar-refractivity contribution in [2.45, 2.75) is 19.9 Å². The van der Waals surface area contributed by atoms with Gasteiger partial charge in [0.25, 0.3) is 0 Å². The fourth-order valence-electron chi connectivity index (χ4n) is 1.48. The molecule has 0 spiro atoms. The molecule has 0 aliphatic carbocycles. The SMILES string of the molecule is Cc1ccc([C@H](C)NCCN(C)C)cc1. The quantitative estimate of drug-likeness (QED) is 0.794. The van der Waals surface area contributed by atoms with Crippen LogP contribution in [0, 0.1) is 6.92 Å². The summed E-state index contributed by atoms with van der Waals surface area (Å²) in [5.41, 5.74) is 2.68. The van der Waals surface area contributed by atoms with Gasteiger partial charge in [0.2, 0.25) is 0 Å². The predicted octanol–water partition coefficient (Wildman–Crippen LogP) is 2.21. The fraction of sp³-hybridized carbons (Fsp3) is 0.538. The number of nitrogens with zero attached hydrogens (tertiary/aromatic N) is 1. The van der Waals surface area contributed by atoms with E-state index in [1.807, 2.05) is 0 Å². The van der Waals surface area contributed by atoms with Crippen LogP contribution in [0.2, 0.25) is 0 Å². The van der Waals surface area contributed by atoms with Gasteiger partial charge in [-0.1, -0.05) is 29.8 Å². The van der Waals surface area contributed by atoms with Crippen molar-refractivity contribution < 1.29 is 0 Å². The van der Waals surface area contributed by atoms with E-state index in [4.69, 9.17) is 0 Å². The number of hydrogen-bond donors (Lipinski definition) is 1. The average molecular weight is 206 g/mol. The van der Waals surface area contributed by atoms with Crippen LogP contribution in [0.4, 0.5) is 0 Å². The Hall–Kier alpha value is -0.860. The number of aryl methyl sites for hydroxylation is 1. The Morgan fingerprint density at radius 1 is 1.20 bits per heavy atom. The van der Waals surface area contributed by atoms with Gasteiger partial charge in [-0.25, -0.2) is 0 Å². The van der Waals surface area contributed by atoms with E-state index in [1.54, 1.807) is 0 Å². The summed E-state index contributed by atoms with van der Waals surface area (Å²) in [4.78, 5) is 2.19. The van der Waals surface area contributed by atoms with Gasteiger partial charge >= 0.3 is 0 Å². The summed E-state index contributed by atoms with van der Waals surface area (Å²) in [5, 5.41) is 3.51. The maximum atomic E-state index is 3.51. The third-order valence-corrected chi connectivity index (χ3v) is 2.59. The van der Waals surface area contributed by atoms with E-state index in [0.717, 1.165) is 13.1 Å². The summed E-state index contributed by atoms with van der Waals surface area (Å²) in [5.74, 6) is 0. The van der Waals surface area contributed by atoms with Crippen LogP contribution in [0.15, 0.2) is 24.3 Å². The maximum Gasteiger partial charge on any atom is 0.0292 e. The van der Waals surface area contributed by atoms with Gasteiger partial charge in [0.15, 0.2) is 0 Å². The second-order valence-corrected chi connectivity index (χ2v) is 4.39. The molecule has 1 aromatic rings. The first-order valence-electron chi connectivity index (χ1n) is 5.54. The number of rotatable bonds is 5. The summed E-state index contributed by atoms with van der Waals surface area (Å²) in [6.07, 6.45) is 0. The first-order chi connectivity index (χ1) is 7.09. The lowest BCUT2D eigenvalue weighted by Gasteiger charge is -2.16. The van der Waals surface area contributed by atoms with Crippen molar-refractivity contribution in [1.82, 2.24) is 10.2 Å². The maximum absolute atomic E-state index is 3.51. The summed E-state index contributed by atoms with van der Waals surface area (Å²) >= 11 is 0. The fourth-order valence-corrected chi connectivity index (χ4v) is 1.48. The Balaban J connectivity index is 2.40. The van der Waals surface area contributed by atoms with Crippen LogP contribution in [0.3, 0.4) is 0 Å². The molecule has 0 heterocycles. The van der Waals surface area contributed by atoms with Gasteiger partial charge in [-0.05, 0) is 33.5 Å². The van der Waals surface area contributed by atoms with Crippen LogP contribution in [0.5, 0.6) is 0 Å². The highest BCUT2D eigenvalue weighted by molar-refractivity contribution is 5.23. The molecule has 84 valence electrons. The molecule has 1 rings (SSSR count). The Morgan fingerprint density at radius 3 is 2.33 bits per heavy atom. The highest BCUT2D eigenvalue weighted by Crippen LogP contribution is 2.12. The molecule has 0 aromatic heterocycles. The zero-order chi connectivity index (χ0) is 11.3. The van der Waals surface area contributed by atoms with Crippen LogP contribution in [-0.4, -0.2) is 32.1 Å². The third-order valence-electron chi connectivity index (χ3n) is 2.59. The number of likely N-dealkylation sites (N-methyl/N-ethyl adjacent to an activating group) is 1. The minimum atomic E-state index is 0.436. The van der Waals surface area contributed by atoms with E-state index in [9.17, 15) is 0 Å². The highest BCUT2D eigenvalue weighted by Gasteiger charge is 2.03. The minimum Gasteiger partial charge on any atom is -0.309 e. The molecule has 0 aliphatic heterocycles. The number of nitrogens with one attached hydrogen (secondary N) is 1. The molecular formula is C13H22N2. The van der Waals surface area contributed by atoms with Gasteiger partial charge in [-0.15, -0.1) is 0 Å². The molecule has 0 fully saturated rings. The van der Waals surface area contributed by atoms with E-state index in [2.05, 4.69) is 62.4 Å². The van der Waals surface area contributed by atoms with Crippen molar-refractivity contribution in [3.63, 3.8) is 0 Å². The van der Waals surface area contributed by atoms with Crippen molar-refractivity contribution in [2.75, 3.05) is 27.2 Å². The average Bonchev–Trinajstić information content (AvgIpc) is 2.18. The molecule has 1 atom stereocenters.